The Morgan fingerprint density at radius 2 is 1.60 bits per heavy atom. The molecule has 0 saturated heterocycles. The van der Waals surface area contributed by atoms with Crippen LogP contribution in [0.5, 0.6) is 5.75 Å². The maximum Gasteiger partial charge on any atom is 0.408 e. The van der Waals surface area contributed by atoms with E-state index in [1.807, 2.05) is 39.0 Å². The molecule has 3 amide bonds. The van der Waals surface area contributed by atoms with Gasteiger partial charge in [-0.3, -0.25) is 9.59 Å². The zero-order chi connectivity index (χ0) is 30.0. The van der Waals surface area contributed by atoms with Crippen LogP contribution in [-0.4, -0.2) is 42.7 Å². The van der Waals surface area contributed by atoms with Crippen molar-refractivity contribution in [2.24, 2.45) is 0 Å². The largest absolute Gasteiger partial charge is 0.497 e. The highest BCUT2D eigenvalue weighted by molar-refractivity contribution is 5.99. The van der Waals surface area contributed by atoms with Crippen LogP contribution in [0.25, 0.3) is 0 Å². The Bertz CT molecular complexity index is 1060. The number of alkyl carbamates (subject to hydrolysis) is 1. The molecule has 2 aromatic rings. The van der Waals surface area contributed by atoms with Gasteiger partial charge in [-0.15, -0.1) is 0 Å². The lowest BCUT2D eigenvalue weighted by molar-refractivity contribution is -0.124. The van der Waals surface area contributed by atoms with Crippen molar-refractivity contribution in [2.75, 3.05) is 12.4 Å². The standard InChI is InChI=1S/C30H41N3O5.C2H6.3H2/c1-6-11-26(33-29(36)38-30(2,3)4)28(35)32-23(15-10-14-22-12-8-7-9-13-22)18-21-27(34)31-24-16-19-25(37-5)20-17-24;1-2;;;/h7-9,12-13,16-21,23,26H,6,10-11,14-15H2,1-5H3,(H,31,34)(H,32,35)(H,33,36);1-2H3;3*1H/b21-18+;;;;/t23-,26-;;;;/m0..../s1. The monoisotopic (exact) mass is 559 g/mol. The first-order valence-corrected chi connectivity index (χ1v) is 14.1. The molecule has 8 heteroatoms. The SMILES string of the molecule is CC.CCC[C@H](NC(=O)OC(C)(C)C)C(=O)N[C@H](/C=C/C(=O)Nc1ccc(OC)cc1)CCCc1ccccc1.[HH].[HH].[HH]. The van der Waals surface area contributed by atoms with E-state index in [1.165, 1.54) is 11.6 Å². The summed E-state index contributed by atoms with van der Waals surface area (Å²) < 4.78 is 10.5. The third kappa shape index (κ3) is 14.4. The van der Waals surface area contributed by atoms with Crippen molar-refractivity contribution in [2.45, 2.75) is 91.3 Å². The lowest BCUT2D eigenvalue weighted by atomic mass is 10.0. The van der Waals surface area contributed by atoms with Gasteiger partial charge < -0.3 is 25.4 Å². The fraction of sp³-hybridized carbons (Fsp3) is 0.469. The summed E-state index contributed by atoms with van der Waals surface area (Å²) in [6.07, 6.45) is 5.91. The number of methoxy groups -OCH3 is 1. The molecule has 2 rings (SSSR count). The lowest BCUT2D eigenvalue weighted by Gasteiger charge is -2.24. The van der Waals surface area contributed by atoms with Gasteiger partial charge in [-0.05, 0) is 76.3 Å². The average Bonchev–Trinajstić information content (AvgIpc) is 2.92. The predicted octanol–water partition coefficient (Wildman–Crippen LogP) is 7.16. The summed E-state index contributed by atoms with van der Waals surface area (Å²) in [4.78, 5) is 38.0. The number of hydrogen-bond donors (Lipinski definition) is 3. The second-order valence-electron chi connectivity index (χ2n) is 10.1. The number of amides is 3. The van der Waals surface area contributed by atoms with Gasteiger partial charge in [0.05, 0.1) is 7.11 Å². The molecule has 0 aliphatic carbocycles. The predicted molar refractivity (Wildman–Crippen MR) is 168 cm³/mol. The Balaban J connectivity index is -0.00000313. The highest BCUT2D eigenvalue weighted by Gasteiger charge is 2.25. The van der Waals surface area contributed by atoms with E-state index in [2.05, 4.69) is 28.1 Å². The molecule has 3 N–H and O–H groups in total. The van der Waals surface area contributed by atoms with Crippen LogP contribution in [0.2, 0.25) is 0 Å². The Morgan fingerprint density at radius 1 is 0.950 bits per heavy atom. The number of carbonyl (C=O) groups is 3. The van der Waals surface area contributed by atoms with E-state index in [0.717, 1.165) is 12.8 Å². The normalized spacial score (nSPS) is 12.4. The number of carbonyl (C=O) groups excluding carboxylic acids is 3. The van der Waals surface area contributed by atoms with Crippen molar-refractivity contribution < 1.29 is 28.1 Å². The first-order chi connectivity index (χ1) is 19.1. The zero-order valence-electron chi connectivity index (χ0n) is 25.1. The number of ether oxygens (including phenoxy) is 2. The molecule has 0 aliphatic rings. The molecule has 0 heterocycles. The average molecular weight is 560 g/mol. The molecule has 0 aliphatic heterocycles. The van der Waals surface area contributed by atoms with Crippen molar-refractivity contribution >= 4 is 23.6 Å². The minimum absolute atomic E-state index is 0. The smallest absolute Gasteiger partial charge is 0.408 e. The van der Waals surface area contributed by atoms with Crippen LogP contribution in [0.1, 0.15) is 77.1 Å². The summed E-state index contributed by atoms with van der Waals surface area (Å²) in [5, 5.41) is 8.49. The number of benzene rings is 2. The van der Waals surface area contributed by atoms with Gasteiger partial charge in [-0.25, -0.2) is 4.79 Å². The molecule has 0 aromatic heterocycles. The highest BCUT2D eigenvalue weighted by atomic mass is 16.6. The van der Waals surface area contributed by atoms with Crippen LogP contribution in [0.4, 0.5) is 10.5 Å². The van der Waals surface area contributed by atoms with Crippen LogP contribution < -0.4 is 20.7 Å². The van der Waals surface area contributed by atoms with Gasteiger partial charge in [0.2, 0.25) is 11.8 Å². The van der Waals surface area contributed by atoms with E-state index in [9.17, 15) is 14.4 Å². The number of rotatable bonds is 13. The number of aryl methyl sites for hydroxylation is 1. The van der Waals surface area contributed by atoms with E-state index in [4.69, 9.17) is 9.47 Å². The van der Waals surface area contributed by atoms with E-state index in [0.29, 0.717) is 30.7 Å². The Labute approximate surface area is 244 Å². The molecule has 0 saturated carbocycles. The van der Waals surface area contributed by atoms with E-state index >= 15 is 0 Å². The van der Waals surface area contributed by atoms with Crippen LogP contribution in [0, 0.1) is 0 Å². The number of anilines is 1. The number of nitrogens with one attached hydrogen (secondary N) is 3. The van der Waals surface area contributed by atoms with Crippen LogP contribution in [0.3, 0.4) is 0 Å². The molecule has 0 radical (unpaired) electrons. The molecule has 0 spiro atoms. The summed E-state index contributed by atoms with van der Waals surface area (Å²) in [6, 6.07) is 16.0. The summed E-state index contributed by atoms with van der Waals surface area (Å²) >= 11 is 0. The van der Waals surface area contributed by atoms with Crippen molar-refractivity contribution in [1.29, 1.82) is 0 Å². The number of hydrogen-bond acceptors (Lipinski definition) is 5. The summed E-state index contributed by atoms with van der Waals surface area (Å²) in [7, 11) is 1.58. The fourth-order valence-electron chi connectivity index (χ4n) is 3.74. The molecule has 2 atom stereocenters. The maximum absolute atomic E-state index is 13.1. The van der Waals surface area contributed by atoms with E-state index in [-0.39, 0.29) is 16.1 Å². The van der Waals surface area contributed by atoms with Crippen molar-refractivity contribution in [3.8, 4) is 5.75 Å². The van der Waals surface area contributed by atoms with E-state index < -0.39 is 23.8 Å². The molecule has 0 unspecified atom stereocenters. The van der Waals surface area contributed by atoms with Gasteiger partial charge in [-0.1, -0.05) is 63.6 Å². The first-order valence-electron chi connectivity index (χ1n) is 14.1. The Hall–Kier alpha value is -3.81. The minimum Gasteiger partial charge on any atom is -0.497 e. The Morgan fingerprint density at radius 3 is 2.17 bits per heavy atom. The molecule has 226 valence electrons. The zero-order valence-corrected chi connectivity index (χ0v) is 25.1. The van der Waals surface area contributed by atoms with Crippen molar-refractivity contribution in [1.82, 2.24) is 10.6 Å². The quantitative estimate of drug-likeness (QED) is 0.226. The van der Waals surface area contributed by atoms with Crippen LogP contribution >= 0.6 is 0 Å². The third-order valence-corrected chi connectivity index (χ3v) is 5.57. The second-order valence-corrected chi connectivity index (χ2v) is 10.1. The molecule has 8 nitrogen and oxygen atoms in total. The molecule has 0 bridgehead atoms. The van der Waals surface area contributed by atoms with Gasteiger partial charge in [0.25, 0.3) is 0 Å². The second kappa shape index (κ2) is 18.5. The molecular formula is C32H53N3O5. The molecular weight excluding hydrogens is 506 g/mol. The van der Waals surface area contributed by atoms with Gasteiger partial charge >= 0.3 is 6.09 Å². The summed E-state index contributed by atoms with van der Waals surface area (Å²) in [6.45, 7) is 11.3. The summed E-state index contributed by atoms with van der Waals surface area (Å²) in [5.74, 6) is 0.0680. The molecule has 0 fully saturated rings. The maximum atomic E-state index is 13.1. The van der Waals surface area contributed by atoms with Gasteiger partial charge in [0.1, 0.15) is 17.4 Å². The molecule has 40 heavy (non-hydrogen) atoms. The van der Waals surface area contributed by atoms with Gasteiger partial charge in [0, 0.05) is 22.1 Å². The highest BCUT2D eigenvalue weighted by Crippen LogP contribution is 2.15. The van der Waals surface area contributed by atoms with Crippen molar-refractivity contribution in [3.05, 3.63) is 72.3 Å². The van der Waals surface area contributed by atoms with Crippen molar-refractivity contribution in [3.63, 3.8) is 0 Å². The fourth-order valence-corrected chi connectivity index (χ4v) is 3.74. The minimum atomic E-state index is -0.743. The van der Waals surface area contributed by atoms with Crippen LogP contribution in [0.15, 0.2) is 66.7 Å². The lowest BCUT2D eigenvalue weighted by Crippen LogP contribution is -2.50. The van der Waals surface area contributed by atoms with Crippen LogP contribution in [-0.2, 0) is 20.7 Å². The third-order valence-electron chi connectivity index (χ3n) is 5.57. The Kier molecular flexibility index (Phi) is 15.8. The van der Waals surface area contributed by atoms with Gasteiger partial charge in [0.15, 0.2) is 0 Å². The first kappa shape index (κ1) is 34.2. The van der Waals surface area contributed by atoms with E-state index in [1.54, 1.807) is 58.2 Å². The topological polar surface area (TPSA) is 106 Å². The molecule has 2 aromatic carbocycles. The van der Waals surface area contributed by atoms with Gasteiger partial charge in [-0.2, -0.15) is 0 Å². The summed E-state index contributed by atoms with van der Waals surface area (Å²) in [5.41, 5.74) is 1.17.